The molecule has 1 fully saturated rings. The molecule has 0 spiro atoms. The maximum Gasteiger partial charge on any atom is 0.195 e. The van der Waals surface area contributed by atoms with E-state index in [4.69, 9.17) is 19.2 Å². The molecule has 1 aliphatic carbocycles. The lowest BCUT2D eigenvalue weighted by Gasteiger charge is -2.15. The summed E-state index contributed by atoms with van der Waals surface area (Å²) in [7, 11) is 0. The van der Waals surface area contributed by atoms with E-state index in [0.717, 1.165) is 68.2 Å². The van der Waals surface area contributed by atoms with Gasteiger partial charge in [0.1, 0.15) is 0 Å². The number of ether oxygens (including phenoxy) is 3. The van der Waals surface area contributed by atoms with Crippen molar-refractivity contribution in [3.05, 3.63) is 36.9 Å². The van der Waals surface area contributed by atoms with E-state index in [2.05, 4.69) is 15.6 Å². The normalized spacial score (nSPS) is 15.7. The molecule has 1 aromatic carbocycles. The number of fused-ring (bicyclic) bond motifs is 1. The second-order valence-electron chi connectivity index (χ2n) is 7.67. The average Bonchev–Trinajstić information content (AvgIpc) is 3.49. The van der Waals surface area contributed by atoms with Gasteiger partial charge in [-0.15, -0.1) is 24.0 Å². The summed E-state index contributed by atoms with van der Waals surface area (Å²) >= 11 is 0. The number of aliphatic imine (C=N–C) groups is 1. The van der Waals surface area contributed by atoms with Crippen LogP contribution in [0.5, 0.6) is 11.5 Å². The zero-order valence-electron chi connectivity index (χ0n) is 17.8. The van der Waals surface area contributed by atoms with E-state index in [1.54, 1.807) is 6.20 Å². The van der Waals surface area contributed by atoms with Crippen LogP contribution in [0, 0.1) is 5.92 Å². The van der Waals surface area contributed by atoms with Gasteiger partial charge in [-0.3, -0.25) is 4.99 Å². The fraction of sp³-hybridized carbons (Fsp3) is 0.545. The first-order valence-electron chi connectivity index (χ1n) is 10.9. The van der Waals surface area contributed by atoms with Crippen LogP contribution in [0.15, 0.2) is 41.9 Å². The summed E-state index contributed by atoms with van der Waals surface area (Å²) in [6.45, 7) is 5.26. The van der Waals surface area contributed by atoms with Crippen molar-refractivity contribution >= 4 is 35.6 Å². The molecular formula is C22H32IN5O3. The van der Waals surface area contributed by atoms with Gasteiger partial charge in [0.15, 0.2) is 17.5 Å². The third-order valence-corrected chi connectivity index (χ3v) is 5.00. The number of aromatic nitrogens is 2. The molecule has 0 radical (unpaired) electrons. The zero-order valence-corrected chi connectivity index (χ0v) is 20.1. The first kappa shape index (κ1) is 23.6. The van der Waals surface area contributed by atoms with Gasteiger partial charge in [-0.2, -0.15) is 0 Å². The first-order chi connectivity index (χ1) is 14.9. The minimum Gasteiger partial charge on any atom is -0.490 e. The maximum absolute atomic E-state index is 5.80. The van der Waals surface area contributed by atoms with Crippen molar-refractivity contribution < 1.29 is 14.2 Å². The summed E-state index contributed by atoms with van der Waals surface area (Å²) in [5, 5.41) is 6.78. The third-order valence-electron chi connectivity index (χ3n) is 5.00. The van der Waals surface area contributed by atoms with Crippen molar-refractivity contribution in [1.29, 1.82) is 0 Å². The fourth-order valence-corrected chi connectivity index (χ4v) is 3.13. The second kappa shape index (κ2) is 12.7. The van der Waals surface area contributed by atoms with Crippen LogP contribution in [0.25, 0.3) is 0 Å². The molecule has 2 heterocycles. The molecule has 0 saturated heterocycles. The van der Waals surface area contributed by atoms with Crippen molar-refractivity contribution in [2.24, 2.45) is 10.9 Å². The van der Waals surface area contributed by atoms with Crippen LogP contribution in [-0.2, 0) is 11.3 Å². The Morgan fingerprint density at radius 2 is 2.10 bits per heavy atom. The highest BCUT2D eigenvalue weighted by Gasteiger charge is 2.20. The molecule has 31 heavy (non-hydrogen) atoms. The number of nitrogens with one attached hydrogen (secondary N) is 2. The molecular weight excluding hydrogens is 509 g/mol. The van der Waals surface area contributed by atoms with Gasteiger partial charge < -0.3 is 29.4 Å². The van der Waals surface area contributed by atoms with Crippen molar-refractivity contribution in [3.63, 3.8) is 0 Å². The molecule has 0 amide bonds. The predicted molar refractivity (Wildman–Crippen MR) is 132 cm³/mol. The second-order valence-corrected chi connectivity index (χ2v) is 7.67. The van der Waals surface area contributed by atoms with E-state index in [0.29, 0.717) is 19.8 Å². The van der Waals surface area contributed by atoms with Crippen LogP contribution in [-0.4, -0.2) is 55.0 Å². The molecule has 1 saturated carbocycles. The molecule has 0 atom stereocenters. The number of halogens is 1. The quantitative estimate of drug-likeness (QED) is 0.207. The number of imidazole rings is 1. The SMILES string of the molecule is I.c1cn(CCNC(=NCCCOCC2CC2)Nc2ccc3c(c2)OCCCO3)cn1. The van der Waals surface area contributed by atoms with Crippen LogP contribution in [0.2, 0.25) is 0 Å². The largest absolute Gasteiger partial charge is 0.490 e. The van der Waals surface area contributed by atoms with Gasteiger partial charge in [-0.05, 0) is 37.3 Å². The molecule has 2 aromatic rings. The Balaban J connectivity index is 0.00000272. The molecule has 9 heteroatoms. The summed E-state index contributed by atoms with van der Waals surface area (Å²) in [4.78, 5) is 8.80. The van der Waals surface area contributed by atoms with E-state index in [1.165, 1.54) is 12.8 Å². The Bertz CT molecular complexity index is 811. The highest BCUT2D eigenvalue weighted by molar-refractivity contribution is 14.0. The van der Waals surface area contributed by atoms with E-state index < -0.39 is 0 Å². The molecule has 170 valence electrons. The average molecular weight is 541 g/mol. The van der Waals surface area contributed by atoms with Crippen LogP contribution in [0.4, 0.5) is 5.69 Å². The summed E-state index contributed by atoms with van der Waals surface area (Å²) in [6.07, 6.45) is 9.99. The Kier molecular flexibility index (Phi) is 9.73. The molecule has 4 rings (SSSR count). The Morgan fingerprint density at radius 3 is 2.90 bits per heavy atom. The van der Waals surface area contributed by atoms with E-state index in [9.17, 15) is 0 Å². The van der Waals surface area contributed by atoms with Crippen molar-refractivity contribution in [3.8, 4) is 11.5 Å². The van der Waals surface area contributed by atoms with Gasteiger partial charge in [0.25, 0.3) is 0 Å². The number of benzene rings is 1. The summed E-state index contributed by atoms with van der Waals surface area (Å²) < 4.78 is 19.3. The lowest BCUT2D eigenvalue weighted by molar-refractivity contribution is 0.123. The first-order valence-corrected chi connectivity index (χ1v) is 10.9. The maximum atomic E-state index is 5.80. The monoisotopic (exact) mass is 541 g/mol. The minimum absolute atomic E-state index is 0. The molecule has 1 aromatic heterocycles. The molecule has 8 nitrogen and oxygen atoms in total. The van der Waals surface area contributed by atoms with Crippen LogP contribution in [0.1, 0.15) is 25.7 Å². The van der Waals surface area contributed by atoms with Gasteiger partial charge in [-0.25, -0.2) is 4.98 Å². The van der Waals surface area contributed by atoms with Gasteiger partial charge in [-0.1, -0.05) is 0 Å². The predicted octanol–water partition coefficient (Wildman–Crippen LogP) is 3.54. The molecule has 0 unspecified atom stereocenters. The van der Waals surface area contributed by atoms with E-state index >= 15 is 0 Å². The number of hydrogen-bond acceptors (Lipinski definition) is 5. The van der Waals surface area contributed by atoms with Gasteiger partial charge in [0.05, 0.1) is 19.5 Å². The smallest absolute Gasteiger partial charge is 0.195 e. The number of anilines is 1. The third kappa shape index (κ3) is 8.21. The Hall–Kier alpha value is -2.01. The Labute approximate surface area is 200 Å². The van der Waals surface area contributed by atoms with Crippen molar-refractivity contribution in [1.82, 2.24) is 14.9 Å². The highest BCUT2D eigenvalue weighted by Crippen LogP contribution is 2.32. The number of nitrogens with zero attached hydrogens (tertiary/aromatic N) is 3. The molecule has 2 aliphatic rings. The minimum atomic E-state index is 0. The van der Waals surface area contributed by atoms with Crippen LogP contribution < -0.4 is 20.1 Å². The summed E-state index contributed by atoms with van der Waals surface area (Å²) in [5.41, 5.74) is 0.915. The molecule has 0 bridgehead atoms. The van der Waals surface area contributed by atoms with E-state index in [1.807, 2.05) is 35.3 Å². The van der Waals surface area contributed by atoms with Gasteiger partial charge in [0.2, 0.25) is 0 Å². The van der Waals surface area contributed by atoms with Crippen LogP contribution >= 0.6 is 24.0 Å². The molecule has 1 aliphatic heterocycles. The standard InChI is InChI=1S/C22H31N5O3.HI/c1(12-28-16-18-3-4-18)7-24-22(25-9-11-27-10-8-23-17-27)26-19-5-6-20-21(15-19)30-14-2-13-29-20;/h5-6,8,10,15,17-18H,1-4,7,9,11-14,16H2,(H2,24,25,26);1H. The van der Waals surface area contributed by atoms with E-state index in [-0.39, 0.29) is 24.0 Å². The zero-order chi connectivity index (χ0) is 20.4. The summed E-state index contributed by atoms with van der Waals surface area (Å²) in [5.74, 6) is 3.10. The fourth-order valence-electron chi connectivity index (χ4n) is 3.13. The van der Waals surface area contributed by atoms with Crippen LogP contribution in [0.3, 0.4) is 0 Å². The summed E-state index contributed by atoms with van der Waals surface area (Å²) in [6, 6.07) is 5.89. The number of hydrogen-bond donors (Lipinski definition) is 2. The van der Waals surface area contributed by atoms with Crippen molar-refractivity contribution in [2.75, 3.05) is 44.8 Å². The number of rotatable bonds is 10. The topological polar surface area (TPSA) is 81.9 Å². The van der Waals surface area contributed by atoms with Gasteiger partial charge >= 0.3 is 0 Å². The molecule has 2 N–H and O–H groups in total. The van der Waals surface area contributed by atoms with Crippen molar-refractivity contribution in [2.45, 2.75) is 32.2 Å². The highest BCUT2D eigenvalue weighted by atomic mass is 127. The van der Waals surface area contributed by atoms with Gasteiger partial charge in [0, 0.05) is 63.4 Å². The Morgan fingerprint density at radius 1 is 1.23 bits per heavy atom. The number of guanidine groups is 1. The lowest BCUT2D eigenvalue weighted by atomic mass is 10.2. The lowest BCUT2D eigenvalue weighted by Crippen LogP contribution is -2.33.